The van der Waals surface area contributed by atoms with Gasteiger partial charge in [0.15, 0.2) is 6.10 Å². The van der Waals surface area contributed by atoms with Crippen LogP contribution < -0.4 is 5.73 Å². The molecule has 0 fully saturated rings. The Bertz CT molecular complexity index is 1450. The van der Waals surface area contributed by atoms with Gasteiger partial charge >= 0.3 is 19.8 Å². The van der Waals surface area contributed by atoms with Crippen LogP contribution in [0, 0.1) is 0 Å². The van der Waals surface area contributed by atoms with E-state index in [9.17, 15) is 19.0 Å². The number of ether oxygens (including phenoxy) is 2. The molecule has 0 bridgehead atoms. The highest BCUT2D eigenvalue weighted by Gasteiger charge is 2.26. The van der Waals surface area contributed by atoms with Gasteiger partial charge in [-0.2, -0.15) is 0 Å². The van der Waals surface area contributed by atoms with Gasteiger partial charge in [0.25, 0.3) is 0 Å². The molecule has 0 aliphatic rings. The molecule has 2 atom stereocenters. The third kappa shape index (κ3) is 65.1. The number of hydrogen-bond donors (Lipinski definition) is 2. The van der Waals surface area contributed by atoms with E-state index in [0.717, 1.165) is 51.4 Å². The molecule has 3 N–H and O–H groups in total. The summed E-state index contributed by atoms with van der Waals surface area (Å²) in [5.74, 6) is -0.815. The quantitative estimate of drug-likeness (QED) is 0.0264. The van der Waals surface area contributed by atoms with Crippen molar-refractivity contribution >= 4 is 19.8 Å². The van der Waals surface area contributed by atoms with Crippen LogP contribution in [0.25, 0.3) is 0 Å². The fourth-order valence-corrected chi connectivity index (χ4v) is 11.1. The molecule has 0 rings (SSSR count). The van der Waals surface area contributed by atoms with E-state index < -0.39 is 26.5 Å². The fourth-order valence-electron chi connectivity index (χ4n) is 10.3. The van der Waals surface area contributed by atoms with Crippen molar-refractivity contribution in [2.45, 2.75) is 360 Å². The van der Waals surface area contributed by atoms with Crippen LogP contribution in [-0.4, -0.2) is 49.3 Å². The zero-order chi connectivity index (χ0) is 58.0. The maximum atomic E-state index is 12.7. The average Bonchev–Trinajstić information content (AvgIpc) is 3.45. The number of carbonyl (C=O) groups excluding carboxylic acids is 2. The minimum absolute atomic E-state index is 0.0546. The van der Waals surface area contributed by atoms with E-state index in [-0.39, 0.29) is 38.6 Å². The van der Waals surface area contributed by atoms with Gasteiger partial charge in [0.05, 0.1) is 13.2 Å². The van der Waals surface area contributed by atoms with Crippen molar-refractivity contribution in [3.05, 3.63) is 48.6 Å². The van der Waals surface area contributed by atoms with Crippen molar-refractivity contribution in [3.63, 3.8) is 0 Å². The van der Waals surface area contributed by atoms with E-state index in [4.69, 9.17) is 24.3 Å². The number of allylic oxidation sites excluding steroid dienone is 8. The highest BCUT2D eigenvalue weighted by molar-refractivity contribution is 7.47. The lowest BCUT2D eigenvalue weighted by molar-refractivity contribution is -0.161. The van der Waals surface area contributed by atoms with Crippen LogP contribution in [0.1, 0.15) is 354 Å². The van der Waals surface area contributed by atoms with Gasteiger partial charge in [-0.25, -0.2) is 4.57 Å². The van der Waals surface area contributed by atoms with E-state index in [2.05, 4.69) is 62.5 Å². The first-order valence-corrected chi connectivity index (χ1v) is 36.1. The number of nitrogens with two attached hydrogens (primary N) is 1. The second kappa shape index (κ2) is 66.1. The van der Waals surface area contributed by atoms with E-state index >= 15 is 0 Å². The van der Waals surface area contributed by atoms with E-state index in [1.807, 2.05) is 0 Å². The Morgan fingerprint density at radius 2 is 0.650 bits per heavy atom. The second-order valence-electron chi connectivity index (χ2n) is 23.4. The largest absolute Gasteiger partial charge is 0.472 e. The van der Waals surface area contributed by atoms with Gasteiger partial charge in [-0.05, 0) is 77.0 Å². The molecular weight excluding hydrogens is 1010 g/mol. The van der Waals surface area contributed by atoms with E-state index in [1.165, 1.54) is 270 Å². The Kier molecular flexibility index (Phi) is 64.4. The monoisotopic (exact) mass is 1150 g/mol. The molecule has 9 nitrogen and oxygen atoms in total. The van der Waals surface area contributed by atoms with Crippen LogP contribution in [0.4, 0.5) is 0 Å². The highest BCUT2D eigenvalue weighted by Crippen LogP contribution is 2.43. The summed E-state index contributed by atoms with van der Waals surface area (Å²) >= 11 is 0. The molecule has 0 radical (unpaired) electrons. The Balaban J connectivity index is 3.75. The highest BCUT2D eigenvalue weighted by atomic mass is 31.2. The molecule has 0 aliphatic carbocycles. The topological polar surface area (TPSA) is 134 Å². The summed E-state index contributed by atoms with van der Waals surface area (Å²) in [7, 11) is -4.39. The molecule has 0 heterocycles. The third-order valence-electron chi connectivity index (χ3n) is 15.4. The van der Waals surface area contributed by atoms with Crippen molar-refractivity contribution in [2.24, 2.45) is 5.73 Å². The van der Waals surface area contributed by atoms with Crippen LogP contribution in [-0.2, 0) is 32.7 Å². The lowest BCUT2D eigenvalue weighted by atomic mass is 10.0. The van der Waals surface area contributed by atoms with Crippen molar-refractivity contribution in [2.75, 3.05) is 26.4 Å². The molecule has 0 aromatic carbocycles. The average molecular weight is 1150 g/mol. The zero-order valence-corrected chi connectivity index (χ0v) is 53.7. The molecule has 10 heteroatoms. The molecule has 0 spiro atoms. The van der Waals surface area contributed by atoms with Crippen molar-refractivity contribution in [1.29, 1.82) is 0 Å². The van der Waals surface area contributed by atoms with Gasteiger partial charge in [-0.15, -0.1) is 0 Å². The number of phosphoric acid groups is 1. The van der Waals surface area contributed by atoms with Crippen molar-refractivity contribution in [3.8, 4) is 0 Å². The van der Waals surface area contributed by atoms with Crippen molar-refractivity contribution in [1.82, 2.24) is 0 Å². The summed E-state index contributed by atoms with van der Waals surface area (Å²) in [5.41, 5.74) is 5.39. The van der Waals surface area contributed by atoms with Gasteiger partial charge in [-0.1, -0.05) is 313 Å². The number of carbonyl (C=O) groups is 2. The molecule has 0 aromatic heterocycles. The zero-order valence-electron chi connectivity index (χ0n) is 52.8. The predicted octanol–water partition coefficient (Wildman–Crippen LogP) is 22.5. The number of rotatable bonds is 66. The maximum absolute atomic E-state index is 12.7. The Labute approximate surface area is 496 Å². The number of hydrogen-bond acceptors (Lipinski definition) is 8. The lowest BCUT2D eigenvalue weighted by Gasteiger charge is -2.19. The van der Waals surface area contributed by atoms with Crippen LogP contribution in [0.2, 0.25) is 0 Å². The number of unbranched alkanes of at least 4 members (excludes halogenated alkanes) is 45. The third-order valence-corrected chi connectivity index (χ3v) is 16.4. The van der Waals surface area contributed by atoms with Crippen LogP contribution in [0.3, 0.4) is 0 Å². The number of esters is 2. The molecule has 80 heavy (non-hydrogen) atoms. The summed E-state index contributed by atoms with van der Waals surface area (Å²) in [4.78, 5) is 35.3. The summed E-state index contributed by atoms with van der Waals surface area (Å²) in [6.45, 7) is 3.78. The lowest BCUT2D eigenvalue weighted by Crippen LogP contribution is -2.29. The van der Waals surface area contributed by atoms with Gasteiger partial charge in [0.1, 0.15) is 6.61 Å². The molecule has 0 aromatic rings. The van der Waals surface area contributed by atoms with Crippen LogP contribution in [0.5, 0.6) is 0 Å². The molecule has 0 saturated carbocycles. The molecule has 470 valence electrons. The molecular formula is C70H132NO8P. The summed E-state index contributed by atoms with van der Waals surface area (Å²) in [6, 6.07) is 0. The summed E-state index contributed by atoms with van der Waals surface area (Å²) < 4.78 is 33.1. The van der Waals surface area contributed by atoms with E-state index in [1.54, 1.807) is 0 Å². The first-order chi connectivity index (χ1) is 39.3. The number of phosphoric ester groups is 1. The summed E-state index contributed by atoms with van der Waals surface area (Å²) in [6.07, 6.45) is 83.6. The van der Waals surface area contributed by atoms with Crippen LogP contribution in [0.15, 0.2) is 48.6 Å². The van der Waals surface area contributed by atoms with Gasteiger partial charge in [0.2, 0.25) is 0 Å². The normalized spacial score (nSPS) is 13.2. The maximum Gasteiger partial charge on any atom is 0.472 e. The molecule has 0 amide bonds. The smallest absolute Gasteiger partial charge is 0.462 e. The Hall–Kier alpha value is -2.03. The first kappa shape index (κ1) is 78.0. The van der Waals surface area contributed by atoms with E-state index in [0.29, 0.717) is 6.42 Å². The second-order valence-corrected chi connectivity index (χ2v) is 24.8. The molecule has 0 aliphatic heterocycles. The molecule has 0 saturated heterocycles. The fraction of sp³-hybridized carbons (Fsp3) is 0.857. The van der Waals surface area contributed by atoms with Gasteiger partial charge < -0.3 is 20.1 Å². The van der Waals surface area contributed by atoms with Crippen LogP contribution >= 0.6 is 7.82 Å². The molecule has 2 unspecified atom stereocenters. The SMILES string of the molecule is CCCCCCC/C=C\C/C=C\C/C=C\CCCCCCCCCCCCCCCCCCCCCCCCCCCCC(=O)OC(COC(=O)CCCCCCCCC/C=C\CCCCCCCCC)COP(=O)(O)OCCN. The first-order valence-electron chi connectivity index (χ1n) is 34.6. The standard InChI is InChI=1S/C70H132NO8P/c1-3-5-7-9-11-13-15-17-19-21-23-24-25-26-27-28-29-30-31-32-33-34-35-36-37-38-39-40-41-42-43-44-45-47-49-51-53-55-57-59-61-63-70(73)79-68(67-78-80(74,75)77-65-64-71)66-76-69(72)62-60-58-56-54-52-50-48-46-22-20-18-16-14-12-10-8-6-4-2/h15,17,20-23,25-26,68H,3-14,16,18-19,24,27-67,71H2,1-2H3,(H,74,75)/b17-15-,22-20-,23-21-,26-25-. The van der Waals surface area contributed by atoms with Gasteiger partial charge in [0, 0.05) is 19.4 Å². The summed E-state index contributed by atoms with van der Waals surface area (Å²) in [5, 5.41) is 0. The predicted molar refractivity (Wildman–Crippen MR) is 344 cm³/mol. The van der Waals surface area contributed by atoms with Crippen molar-refractivity contribution < 1.29 is 37.6 Å². The Morgan fingerprint density at radius 1 is 0.375 bits per heavy atom. The Morgan fingerprint density at radius 3 is 0.975 bits per heavy atom. The van der Waals surface area contributed by atoms with Gasteiger partial charge in [-0.3, -0.25) is 18.6 Å². The minimum Gasteiger partial charge on any atom is -0.462 e. The minimum atomic E-state index is -4.39.